The van der Waals surface area contributed by atoms with Gasteiger partial charge in [0.05, 0.1) is 6.54 Å². The Morgan fingerprint density at radius 1 is 1.27 bits per heavy atom. The number of halogens is 1. The van der Waals surface area contributed by atoms with Gasteiger partial charge in [0.25, 0.3) is 5.91 Å². The van der Waals surface area contributed by atoms with Crippen LogP contribution in [0.3, 0.4) is 0 Å². The van der Waals surface area contributed by atoms with Crippen LogP contribution in [0.4, 0.5) is 4.39 Å². The summed E-state index contributed by atoms with van der Waals surface area (Å²) in [5.41, 5.74) is 0.618. The highest BCUT2D eigenvalue weighted by molar-refractivity contribution is 5.94. The van der Waals surface area contributed by atoms with E-state index in [1.165, 1.54) is 11.0 Å². The minimum Gasteiger partial charge on any atom is -0.332 e. The third-order valence-corrected chi connectivity index (χ3v) is 2.41. The number of carbonyl (C=O) groups excluding carboxylic acids is 1. The molecular formula is C12H12FNO. The van der Waals surface area contributed by atoms with Crippen molar-refractivity contribution in [3.8, 4) is 0 Å². The predicted molar refractivity (Wildman–Crippen MR) is 56.2 cm³/mol. The first-order chi connectivity index (χ1) is 7.27. The maximum Gasteiger partial charge on any atom is 0.254 e. The van der Waals surface area contributed by atoms with Crippen LogP contribution in [-0.2, 0) is 0 Å². The summed E-state index contributed by atoms with van der Waals surface area (Å²) in [5, 5.41) is 0. The average molecular weight is 205 g/mol. The van der Waals surface area contributed by atoms with Crippen molar-refractivity contribution >= 4 is 5.91 Å². The highest BCUT2D eigenvalue weighted by Gasteiger charge is 2.18. The van der Waals surface area contributed by atoms with E-state index < -0.39 is 0 Å². The van der Waals surface area contributed by atoms with E-state index >= 15 is 0 Å². The van der Waals surface area contributed by atoms with Crippen molar-refractivity contribution in [2.24, 2.45) is 0 Å². The fraction of sp³-hybridized carbons (Fsp3) is 0.250. The molecule has 2 rings (SSSR count). The molecule has 15 heavy (non-hydrogen) atoms. The maximum absolute atomic E-state index is 13.0. The zero-order valence-corrected chi connectivity index (χ0v) is 8.32. The van der Waals surface area contributed by atoms with Gasteiger partial charge in [0, 0.05) is 12.1 Å². The van der Waals surface area contributed by atoms with E-state index in [-0.39, 0.29) is 18.3 Å². The normalized spacial score (nSPS) is 16.1. The Hall–Kier alpha value is -1.64. The molecule has 0 radical (unpaired) electrons. The number of benzene rings is 1. The van der Waals surface area contributed by atoms with E-state index in [9.17, 15) is 9.18 Å². The van der Waals surface area contributed by atoms with Crippen molar-refractivity contribution in [2.75, 3.05) is 13.1 Å². The summed E-state index contributed by atoms with van der Waals surface area (Å²) in [7, 11) is 0. The lowest BCUT2D eigenvalue weighted by Crippen LogP contribution is -2.35. The smallest absolute Gasteiger partial charge is 0.254 e. The molecule has 1 heterocycles. The number of carbonyl (C=O) groups is 1. The number of nitrogens with zero attached hydrogens (tertiary/aromatic N) is 1. The largest absolute Gasteiger partial charge is 0.332 e. The standard InChI is InChI=1S/C12H12FNO/c13-11-7-4-8-14(9-11)12(15)10-5-2-1-3-6-10/h1-3,5-7H,4,8-9H2. The van der Waals surface area contributed by atoms with Gasteiger partial charge in [-0.05, 0) is 24.6 Å². The van der Waals surface area contributed by atoms with Crippen molar-refractivity contribution in [3.63, 3.8) is 0 Å². The molecule has 1 aromatic carbocycles. The lowest BCUT2D eigenvalue weighted by atomic mass is 10.1. The van der Waals surface area contributed by atoms with Gasteiger partial charge < -0.3 is 4.90 Å². The van der Waals surface area contributed by atoms with Crippen LogP contribution < -0.4 is 0 Å². The third kappa shape index (κ3) is 2.24. The molecule has 0 unspecified atom stereocenters. The molecule has 0 spiro atoms. The first kappa shape index (κ1) is 9.90. The lowest BCUT2D eigenvalue weighted by Gasteiger charge is -2.24. The summed E-state index contributed by atoms with van der Waals surface area (Å²) in [4.78, 5) is 13.4. The molecule has 0 aliphatic carbocycles. The molecule has 1 amide bonds. The SMILES string of the molecule is O=C(c1ccccc1)N1CCC=C(F)C1. The van der Waals surface area contributed by atoms with Gasteiger partial charge in [-0.15, -0.1) is 0 Å². The van der Waals surface area contributed by atoms with E-state index in [0.717, 1.165) is 0 Å². The van der Waals surface area contributed by atoms with Crippen LogP contribution in [0.5, 0.6) is 0 Å². The number of amides is 1. The number of hydrogen-bond donors (Lipinski definition) is 0. The molecule has 0 saturated carbocycles. The average Bonchev–Trinajstić information content (AvgIpc) is 2.29. The summed E-state index contributed by atoms with van der Waals surface area (Å²) in [6.45, 7) is 0.703. The van der Waals surface area contributed by atoms with Crippen molar-refractivity contribution < 1.29 is 9.18 Å². The van der Waals surface area contributed by atoms with Crippen LogP contribution in [0.1, 0.15) is 16.8 Å². The van der Waals surface area contributed by atoms with Gasteiger partial charge in [-0.25, -0.2) is 4.39 Å². The molecule has 0 aromatic heterocycles. The van der Waals surface area contributed by atoms with Crippen LogP contribution >= 0.6 is 0 Å². The van der Waals surface area contributed by atoms with Crippen LogP contribution in [0, 0.1) is 0 Å². The molecule has 0 atom stereocenters. The highest BCUT2D eigenvalue weighted by atomic mass is 19.1. The topological polar surface area (TPSA) is 20.3 Å². The Morgan fingerprint density at radius 2 is 2.00 bits per heavy atom. The zero-order chi connectivity index (χ0) is 10.7. The molecule has 0 bridgehead atoms. The monoisotopic (exact) mass is 205 g/mol. The summed E-state index contributed by atoms with van der Waals surface area (Å²) in [6.07, 6.45) is 2.14. The van der Waals surface area contributed by atoms with Crippen molar-refractivity contribution in [1.29, 1.82) is 0 Å². The van der Waals surface area contributed by atoms with Gasteiger partial charge in [0.2, 0.25) is 0 Å². The first-order valence-electron chi connectivity index (χ1n) is 4.96. The van der Waals surface area contributed by atoms with Crippen molar-refractivity contribution in [1.82, 2.24) is 4.90 Å². The second-order valence-corrected chi connectivity index (χ2v) is 3.53. The van der Waals surface area contributed by atoms with Crippen LogP contribution in [0.25, 0.3) is 0 Å². The Morgan fingerprint density at radius 3 is 2.67 bits per heavy atom. The molecule has 1 aliphatic rings. The molecule has 2 nitrogen and oxygen atoms in total. The molecule has 1 aromatic rings. The fourth-order valence-electron chi connectivity index (χ4n) is 1.64. The second kappa shape index (κ2) is 4.26. The van der Waals surface area contributed by atoms with Crippen LogP contribution in [0.2, 0.25) is 0 Å². The predicted octanol–water partition coefficient (Wildman–Crippen LogP) is 2.39. The molecule has 78 valence electrons. The Labute approximate surface area is 88.0 Å². The van der Waals surface area contributed by atoms with Gasteiger partial charge in [0.15, 0.2) is 0 Å². The van der Waals surface area contributed by atoms with Gasteiger partial charge in [0.1, 0.15) is 5.83 Å². The van der Waals surface area contributed by atoms with E-state index in [0.29, 0.717) is 18.5 Å². The van der Waals surface area contributed by atoms with Gasteiger partial charge in [-0.2, -0.15) is 0 Å². The molecule has 0 N–H and O–H groups in total. The van der Waals surface area contributed by atoms with Gasteiger partial charge in [-0.3, -0.25) is 4.79 Å². The summed E-state index contributed by atoms with van der Waals surface area (Å²) < 4.78 is 13.0. The second-order valence-electron chi connectivity index (χ2n) is 3.53. The van der Waals surface area contributed by atoms with Crippen molar-refractivity contribution in [3.05, 3.63) is 47.8 Å². The third-order valence-electron chi connectivity index (χ3n) is 2.41. The quantitative estimate of drug-likeness (QED) is 0.689. The minimum absolute atomic E-state index is 0.0983. The lowest BCUT2D eigenvalue weighted by molar-refractivity contribution is 0.0755. The molecule has 1 aliphatic heterocycles. The van der Waals surface area contributed by atoms with Crippen LogP contribution in [0.15, 0.2) is 42.2 Å². The van der Waals surface area contributed by atoms with E-state index in [4.69, 9.17) is 0 Å². The molecule has 0 fully saturated rings. The van der Waals surface area contributed by atoms with Crippen LogP contribution in [-0.4, -0.2) is 23.9 Å². The van der Waals surface area contributed by atoms with Gasteiger partial charge in [-0.1, -0.05) is 18.2 Å². The summed E-state index contributed by atoms with van der Waals surface area (Å²) in [6, 6.07) is 8.97. The fourth-order valence-corrected chi connectivity index (χ4v) is 1.64. The van der Waals surface area contributed by atoms with Crippen molar-refractivity contribution in [2.45, 2.75) is 6.42 Å². The summed E-state index contributed by atoms with van der Waals surface area (Å²) in [5.74, 6) is -0.315. The van der Waals surface area contributed by atoms with E-state index in [2.05, 4.69) is 0 Å². The number of hydrogen-bond acceptors (Lipinski definition) is 1. The minimum atomic E-state index is -0.217. The molecule has 3 heteroatoms. The van der Waals surface area contributed by atoms with E-state index in [1.807, 2.05) is 18.2 Å². The Bertz CT molecular complexity index is 386. The summed E-state index contributed by atoms with van der Waals surface area (Å²) >= 11 is 0. The number of rotatable bonds is 1. The maximum atomic E-state index is 13.0. The Balaban J connectivity index is 2.12. The highest BCUT2D eigenvalue weighted by Crippen LogP contribution is 2.13. The molecular weight excluding hydrogens is 193 g/mol. The Kier molecular flexibility index (Phi) is 2.81. The first-order valence-corrected chi connectivity index (χ1v) is 4.96. The van der Waals surface area contributed by atoms with E-state index in [1.54, 1.807) is 12.1 Å². The van der Waals surface area contributed by atoms with Gasteiger partial charge >= 0.3 is 0 Å². The molecule has 0 saturated heterocycles. The zero-order valence-electron chi connectivity index (χ0n) is 8.32.